The Hall–Kier alpha value is -2.38. The van der Waals surface area contributed by atoms with Crippen molar-refractivity contribution >= 4 is 22.9 Å². The quantitative estimate of drug-likeness (QED) is 0.105. The molecule has 0 fully saturated rings. The first-order chi connectivity index (χ1) is 20.8. The minimum Gasteiger partial charge on any atom is -1.00 e. The number of benzene rings is 2. The molecule has 0 aliphatic heterocycles. The standard InChI is InChI=1S/C37H54N2O3S.BrH/c1-6-7-8-9-10-11-12-13-14-15-16-19-24-41-35-23-22-32(25-33(35)37(3,4)5)42-27-36(40)38-34-21-18-17-20-31(34)26-39-29-43-28-30(39)2;/h17-18,20-23,25,28-29H,6-16,19,24,26-27H2,1-5H3;1H. The number of nitrogens with zero attached hydrogens (tertiary/aromatic N) is 1. The van der Waals surface area contributed by atoms with Crippen LogP contribution in [0.1, 0.15) is 122 Å². The van der Waals surface area contributed by atoms with Crippen LogP contribution in [-0.4, -0.2) is 19.1 Å². The molecule has 0 saturated carbocycles. The zero-order valence-electron chi connectivity index (χ0n) is 27.8. The fraction of sp³-hybridized carbons (Fsp3) is 0.568. The number of anilines is 1. The van der Waals surface area contributed by atoms with Crippen LogP contribution in [-0.2, 0) is 16.8 Å². The molecule has 0 atom stereocenters. The normalized spacial score (nSPS) is 11.2. The van der Waals surface area contributed by atoms with Gasteiger partial charge >= 0.3 is 0 Å². The van der Waals surface area contributed by atoms with Crippen molar-refractivity contribution in [2.75, 3.05) is 18.5 Å². The van der Waals surface area contributed by atoms with Gasteiger partial charge in [0.15, 0.2) is 18.8 Å². The lowest BCUT2D eigenvalue weighted by Crippen LogP contribution is -3.00. The van der Waals surface area contributed by atoms with E-state index in [0.717, 1.165) is 35.6 Å². The van der Waals surface area contributed by atoms with Crippen molar-refractivity contribution in [2.24, 2.45) is 0 Å². The highest BCUT2D eigenvalue weighted by atomic mass is 79.9. The highest BCUT2D eigenvalue weighted by molar-refractivity contribution is 7.07. The lowest BCUT2D eigenvalue weighted by atomic mass is 9.86. The van der Waals surface area contributed by atoms with Gasteiger partial charge in [-0.15, -0.1) is 0 Å². The summed E-state index contributed by atoms with van der Waals surface area (Å²) in [4.78, 5) is 12.8. The zero-order chi connectivity index (χ0) is 30.9. The summed E-state index contributed by atoms with van der Waals surface area (Å²) in [6.45, 7) is 12.3. The number of halogens is 1. The Balaban J connectivity index is 0.00000675. The first kappa shape index (κ1) is 37.8. The molecule has 0 spiro atoms. The fourth-order valence-corrected chi connectivity index (χ4v) is 6.03. The van der Waals surface area contributed by atoms with Crippen molar-refractivity contribution < 1.29 is 35.8 Å². The Morgan fingerprint density at radius 3 is 2.11 bits per heavy atom. The summed E-state index contributed by atoms with van der Waals surface area (Å²) in [6, 6.07) is 13.8. The Morgan fingerprint density at radius 2 is 1.50 bits per heavy atom. The van der Waals surface area contributed by atoms with Gasteiger partial charge in [0.25, 0.3) is 5.91 Å². The molecule has 1 amide bonds. The van der Waals surface area contributed by atoms with Crippen molar-refractivity contribution in [1.29, 1.82) is 0 Å². The van der Waals surface area contributed by atoms with Crippen molar-refractivity contribution in [3.63, 3.8) is 0 Å². The minimum atomic E-state index is -0.177. The number of amides is 1. The van der Waals surface area contributed by atoms with E-state index in [9.17, 15) is 4.79 Å². The van der Waals surface area contributed by atoms with Gasteiger partial charge in [-0.3, -0.25) is 4.79 Å². The number of ether oxygens (including phenoxy) is 2. The number of hydrogen-bond donors (Lipinski definition) is 1. The average Bonchev–Trinajstić information content (AvgIpc) is 3.39. The number of aromatic nitrogens is 1. The zero-order valence-corrected chi connectivity index (χ0v) is 30.2. The summed E-state index contributed by atoms with van der Waals surface area (Å²) < 4.78 is 14.4. The molecule has 3 aromatic rings. The molecule has 0 radical (unpaired) electrons. The van der Waals surface area contributed by atoms with Gasteiger partial charge in [-0.2, -0.15) is 4.57 Å². The Morgan fingerprint density at radius 1 is 0.864 bits per heavy atom. The van der Waals surface area contributed by atoms with Gasteiger partial charge in [0.05, 0.1) is 17.7 Å². The van der Waals surface area contributed by atoms with Crippen LogP contribution >= 0.6 is 11.3 Å². The van der Waals surface area contributed by atoms with Crippen molar-refractivity contribution in [2.45, 2.75) is 124 Å². The first-order valence-corrected chi connectivity index (χ1v) is 17.4. The molecule has 244 valence electrons. The van der Waals surface area contributed by atoms with Gasteiger partial charge in [0, 0.05) is 18.1 Å². The van der Waals surface area contributed by atoms with Gasteiger partial charge < -0.3 is 31.8 Å². The predicted octanol–water partition coefficient (Wildman–Crippen LogP) is 6.79. The van der Waals surface area contributed by atoms with Crippen LogP contribution in [0.2, 0.25) is 0 Å². The highest BCUT2D eigenvalue weighted by Gasteiger charge is 2.21. The van der Waals surface area contributed by atoms with E-state index in [-0.39, 0.29) is 34.9 Å². The average molecular weight is 688 g/mol. The summed E-state index contributed by atoms with van der Waals surface area (Å²) in [6.07, 6.45) is 16.0. The van der Waals surface area contributed by atoms with E-state index in [1.807, 2.05) is 42.5 Å². The third kappa shape index (κ3) is 13.7. The van der Waals surface area contributed by atoms with Gasteiger partial charge in [0.2, 0.25) is 5.51 Å². The lowest BCUT2D eigenvalue weighted by molar-refractivity contribution is -0.689. The molecule has 44 heavy (non-hydrogen) atoms. The molecule has 2 aromatic carbocycles. The first-order valence-electron chi connectivity index (χ1n) is 16.5. The summed E-state index contributed by atoms with van der Waals surface area (Å²) >= 11 is 1.67. The molecule has 0 saturated heterocycles. The number of hydrogen-bond acceptors (Lipinski definition) is 4. The summed E-state index contributed by atoms with van der Waals surface area (Å²) in [5.41, 5.74) is 6.15. The maximum Gasteiger partial charge on any atom is 0.262 e. The monoisotopic (exact) mass is 686 g/mol. The second kappa shape index (κ2) is 20.6. The van der Waals surface area contributed by atoms with Crippen LogP contribution in [0.25, 0.3) is 0 Å². The van der Waals surface area contributed by atoms with E-state index in [1.165, 1.54) is 76.3 Å². The number of thiazole rings is 1. The Kier molecular flexibility index (Phi) is 17.7. The van der Waals surface area contributed by atoms with E-state index in [1.54, 1.807) is 11.3 Å². The number of para-hydroxylation sites is 1. The van der Waals surface area contributed by atoms with E-state index < -0.39 is 0 Å². The molecule has 1 heterocycles. The van der Waals surface area contributed by atoms with Crippen LogP contribution in [0.3, 0.4) is 0 Å². The third-order valence-electron chi connectivity index (χ3n) is 7.90. The smallest absolute Gasteiger partial charge is 0.262 e. The highest BCUT2D eigenvalue weighted by Crippen LogP contribution is 2.34. The van der Waals surface area contributed by atoms with Crippen LogP contribution in [0.4, 0.5) is 5.69 Å². The molecule has 5 nitrogen and oxygen atoms in total. The molecule has 3 rings (SSSR count). The maximum absolute atomic E-state index is 12.8. The Bertz CT molecular complexity index is 1240. The Labute approximate surface area is 281 Å². The minimum absolute atomic E-state index is 0. The molecule has 0 aliphatic carbocycles. The van der Waals surface area contributed by atoms with Crippen molar-refractivity contribution in [3.05, 3.63) is 70.2 Å². The van der Waals surface area contributed by atoms with Crippen molar-refractivity contribution in [3.8, 4) is 11.5 Å². The van der Waals surface area contributed by atoms with E-state index in [2.05, 4.69) is 55.4 Å². The number of carbonyl (C=O) groups is 1. The van der Waals surface area contributed by atoms with Crippen LogP contribution in [0.15, 0.2) is 53.4 Å². The van der Waals surface area contributed by atoms with Gasteiger partial charge in [-0.05, 0) is 36.1 Å². The summed E-state index contributed by atoms with van der Waals surface area (Å²) in [5.74, 6) is 1.40. The van der Waals surface area contributed by atoms with Gasteiger partial charge in [0.1, 0.15) is 11.5 Å². The summed E-state index contributed by atoms with van der Waals surface area (Å²) in [5, 5.41) is 5.16. The molecule has 1 N–H and O–H groups in total. The van der Waals surface area contributed by atoms with E-state index in [4.69, 9.17) is 9.47 Å². The molecule has 7 heteroatoms. The van der Waals surface area contributed by atoms with Crippen LogP contribution in [0.5, 0.6) is 11.5 Å². The van der Waals surface area contributed by atoms with E-state index in [0.29, 0.717) is 12.3 Å². The van der Waals surface area contributed by atoms with Crippen molar-refractivity contribution in [1.82, 2.24) is 0 Å². The fourth-order valence-electron chi connectivity index (χ4n) is 5.25. The molecule has 1 aromatic heterocycles. The molecular weight excluding hydrogens is 632 g/mol. The molecule has 0 aliphatic rings. The topological polar surface area (TPSA) is 51.4 Å². The number of carbonyl (C=O) groups excluding carboxylic acids is 1. The lowest BCUT2D eigenvalue weighted by Gasteiger charge is -2.24. The SMILES string of the molecule is CCCCCCCCCCCCCCOc1ccc(OCC(=O)Nc2ccccc2C[n+]2cscc2C)cc1C(C)(C)C.[Br-]. The van der Waals surface area contributed by atoms with Gasteiger partial charge in [-0.25, -0.2) is 0 Å². The number of unbranched alkanes of at least 4 members (excludes halogenated alkanes) is 11. The third-order valence-corrected chi connectivity index (χ3v) is 8.75. The molecular formula is C37H55BrN2O3S. The van der Waals surface area contributed by atoms with Gasteiger partial charge in [-0.1, -0.05) is 128 Å². The van der Waals surface area contributed by atoms with Crippen LogP contribution < -0.4 is 36.3 Å². The summed E-state index contributed by atoms with van der Waals surface area (Å²) in [7, 11) is 0. The van der Waals surface area contributed by atoms with E-state index >= 15 is 0 Å². The largest absolute Gasteiger partial charge is 1.00 e. The molecule has 0 bridgehead atoms. The number of aryl methyl sites for hydroxylation is 1. The number of nitrogens with one attached hydrogen (secondary N) is 1. The second-order valence-corrected chi connectivity index (χ2v) is 13.5. The maximum atomic E-state index is 12.8. The second-order valence-electron chi connectivity index (χ2n) is 12.8. The predicted molar refractivity (Wildman–Crippen MR) is 181 cm³/mol. The molecule has 0 unspecified atom stereocenters. The van der Waals surface area contributed by atoms with Crippen LogP contribution in [0, 0.1) is 6.92 Å². The number of rotatable bonds is 20.